The van der Waals surface area contributed by atoms with E-state index in [0.717, 1.165) is 5.56 Å². The van der Waals surface area contributed by atoms with Crippen molar-refractivity contribution in [1.29, 1.82) is 0 Å². The predicted octanol–water partition coefficient (Wildman–Crippen LogP) is 1.56. The number of aliphatic hydroxyl groups is 1. The number of carbonyl (C=O) groups is 2. The summed E-state index contributed by atoms with van der Waals surface area (Å²) in [4.78, 5) is 28.9. The summed E-state index contributed by atoms with van der Waals surface area (Å²) in [6, 6.07) is 9.05. The Morgan fingerprint density at radius 3 is 2.39 bits per heavy atom. The first kappa shape index (κ1) is 17.8. The fourth-order valence-corrected chi connectivity index (χ4v) is 3.78. The number of likely N-dealkylation sites (N-methyl/N-ethyl adjacent to an activating group) is 1. The Morgan fingerprint density at radius 2 is 1.87 bits per heavy atom. The summed E-state index contributed by atoms with van der Waals surface area (Å²) in [7, 11) is 1.67. The van der Waals surface area contributed by atoms with Crippen LogP contribution < -0.4 is 0 Å². The Bertz CT molecular complexity index is 548. The van der Waals surface area contributed by atoms with Crippen LogP contribution in [0.4, 0.5) is 0 Å². The van der Waals surface area contributed by atoms with Crippen molar-refractivity contribution in [2.75, 3.05) is 19.9 Å². The van der Waals surface area contributed by atoms with Crippen molar-refractivity contribution >= 4 is 23.6 Å². The molecule has 1 N–H and O–H groups in total. The van der Waals surface area contributed by atoms with Crippen LogP contribution in [0.25, 0.3) is 0 Å². The van der Waals surface area contributed by atoms with Gasteiger partial charge in [0.25, 0.3) is 5.91 Å². The maximum Gasteiger partial charge on any atom is 0.256 e. The molecule has 1 aromatic rings. The van der Waals surface area contributed by atoms with Crippen molar-refractivity contribution in [2.24, 2.45) is 5.92 Å². The second-order valence-corrected chi connectivity index (χ2v) is 6.70. The van der Waals surface area contributed by atoms with E-state index in [1.165, 1.54) is 16.7 Å². The van der Waals surface area contributed by atoms with Crippen LogP contribution in [0.5, 0.6) is 0 Å². The highest BCUT2D eigenvalue weighted by Crippen LogP contribution is 2.29. The van der Waals surface area contributed by atoms with E-state index in [0.29, 0.717) is 13.0 Å². The largest absolute Gasteiger partial charge is 0.396 e. The summed E-state index contributed by atoms with van der Waals surface area (Å²) in [5.74, 6) is -0.415. The van der Waals surface area contributed by atoms with E-state index >= 15 is 0 Å². The fraction of sp³-hybridized carbons (Fsp3) is 0.529. The van der Waals surface area contributed by atoms with E-state index in [-0.39, 0.29) is 24.3 Å². The predicted molar refractivity (Wildman–Crippen MR) is 91.7 cm³/mol. The second kappa shape index (κ2) is 7.84. The van der Waals surface area contributed by atoms with Gasteiger partial charge in [0.2, 0.25) is 5.91 Å². The topological polar surface area (TPSA) is 60.9 Å². The third kappa shape index (κ3) is 3.53. The minimum absolute atomic E-state index is 0.0691. The van der Waals surface area contributed by atoms with Gasteiger partial charge in [0.1, 0.15) is 6.04 Å². The van der Waals surface area contributed by atoms with Gasteiger partial charge >= 0.3 is 0 Å². The van der Waals surface area contributed by atoms with Crippen LogP contribution in [-0.4, -0.2) is 58.0 Å². The van der Waals surface area contributed by atoms with E-state index in [1.807, 2.05) is 43.5 Å². The lowest BCUT2D eigenvalue weighted by atomic mass is 9.92. The lowest BCUT2D eigenvalue weighted by Crippen LogP contribution is -2.64. The third-order valence-corrected chi connectivity index (χ3v) is 5.37. The van der Waals surface area contributed by atoms with Crippen molar-refractivity contribution < 1.29 is 14.7 Å². The molecule has 1 aliphatic rings. The lowest BCUT2D eigenvalue weighted by molar-refractivity contribution is -0.160. The smallest absolute Gasteiger partial charge is 0.256 e. The SMILES string of the molecule is CCC(CO)C1C(=O)N(C)C(SC)C(=O)N1Cc1ccccc1. The Morgan fingerprint density at radius 1 is 1.22 bits per heavy atom. The molecule has 0 aliphatic carbocycles. The summed E-state index contributed by atoms with van der Waals surface area (Å²) in [6.45, 7) is 2.21. The standard InChI is InChI=1S/C17H24N2O3S/c1-4-13(11-20)14-15(21)18(2)17(23-3)16(22)19(14)10-12-8-6-5-7-9-12/h5-9,13-14,17,20H,4,10-11H2,1-3H3. The fourth-order valence-electron chi connectivity index (χ4n) is 3.03. The summed E-state index contributed by atoms with van der Waals surface area (Å²) in [5, 5.41) is 9.16. The molecule has 3 atom stereocenters. The molecule has 0 radical (unpaired) electrons. The molecule has 1 heterocycles. The molecule has 1 aromatic carbocycles. The van der Waals surface area contributed by atoms with Crippen molar-refractivity contribution in [2.45, 2.75) is 31.3 Å². The Labute approximate surface area is 141 Å². The number of carbonyl (C=O) groups excluding carboxylic acids is 2. The van der Waals surface area contributed by atoms with E-state index in [2.05, 4.69) is 0 Å². The molecule has 5 nitrogen and oxygen atoms in total. The maximum atomic E-state index is 12.9. The van der Waals surface area contributed by atoms with Gasteiger partial charge < -0.3 is 14.9 Å². The van der Waals surface area contributed by atoms with Gasteiger partial charge in [0.15, 0.2) is 5.37 Å². The van der Waals surface area contributed by atoms with Crippen LogP contribution in [0.2, 0.25) is 0 Å². The van der Waals surface area contributed by atoms with E-state index in [4.69, 9.17) is 0 Å². The molecule has 126 valence electrons. The second-order valence-electron chi connectivity index (χ2n) is 5.78. The van der Waals surface area contributed by atoms with E-state index in [1.54, 1.807) is 11.9 Å². The van der Waals surface area contributed by atoms with Gasteiger partial charge in [-0.15, -0.1) is 11.8 Å². The molecule has 2 rings (SSSR count). The van der Waals surface area contributed by atoms with Crippen molar-refractivity contribution in [1.82, 2.24) is 9.80 Å². The number of benzene rings is 1. The van der Waals surface area contributed by atoms with Gasteiger partial charge in [-0.3, -0.25) is 9.59 Å². The first-order valence-corrected chi connectivity index (χ1v) is 9.08. The molecule has 6 heteroatoms. The molecular weight excluding hydrogens is 312 g/mol. The summed E-state index contributed by atoms with van der Waals surface area (Å²) < 4.78 is 0. The molecule has 0 aromatic heterocycles. The molecule has 1 fully saturated rings. The number of nitrogens with zero attached hydrogens (tertiary/aromatic N) is 2. The van der Waals surface area contributed by atoms with Gasteiger partial charge in [-0.1, -0.05) is 37.3 Å². The van der Waals surface area contributed by atoms with Crippen LogP contribution in [-0.2, 0) is 16.1 Å². The van der Waals surface area contributed by atoms with E-state index in [9.17, 15) is 14.7 Å². The number of hydrogen-bond donors (Lipinski definition) is 1. The van der Waals surface area contributed by atoms with Crippen LogP contribution >= 0.6 is 11.8 Å². The highest BCUT2D eigenvalue weighted by Gasteiger charge is 2.46. The normalized spacial score (nSPS) is 23.3. The minimum atomic E-state index is -0.605. The number of piperazine rings is 1. The van der Waals surface area contributed by atoms with Crippen molar-refractivity contribution in [3.05, 3.63) is 35.9 Å². The first-order chi connectivity index (χ1) is 11.0. The zero-order valence-electron chi connectivity index (χ0n) is 13.8. The molecule has 1 aliphatic heterocycles. The van der Waals surface area contributed by atoms with Crippen molar-refractivity contribution in [3.8, 4) is 0 Å². The number of aliphatic hydroxyl groups excluding tert-OH is 1. The zero-order valence-corrected chi connectivity index (χ0v) is 14.6. The molecule has 3 unspecified atom stereocenters. The van der Waals surface area contributed by atoms with Crippen LogP contribution in [0.1, 0.15) is 18.9 Å². The molecule has 1 saturated heterocycles. The molecule has 23 heavy (non-hydrogen) atoms. The first-order valence-electron chi connectivity index (χ1n) is 7.79. The highest BCUT2D eigenvalue weighted by molar-refractivity contribution is 7.99. The van der Waals surface area contributed by atoms with Crippen molar-refractivity contribution in [3.63, 3.8) is 0 Å². The van der Waals surface area contributed by atoms with Gasteiger partial charge in [-0.25, -0.2) is 0 Å². The summed E-state index contributed by atoms with van der Waals surface area (Å²) in [6.07, 6.45) is 2.47. The van der Waals surface area contributed by atoms with Crippen LogP contribution in [0, 0.1) is 5.92 Å². The lowest BCUT2D eigenvalue weighted by Gasteiger charge is -2.45. The van der Waals surface area contributed by atoms with Crippen LogP contribution in [0.15, 0.2) is 30.3 Å². The minimum Gasteiger partial charge on any atom is -0.396 e. The molecule has 0 saturated carbocycles. The quantitative estimate of drug-likeness (QED) is 0.856. The molecule has 2 amide bonds. The van der Waals surface area contributed by atoms with Gasteiger partial charge in [-0.2, -0.15) is 0 Å². The Balaban J connectivity index is 2.37. The van der Waals surface area contributed by atoms with Gasteiger partial charge in [-0.05, 0) is 18.2 Å². The monoisotopic (exact) mass is 336 g/mol. The van der Waals surface area contributed by atoms with E-state index < -0.39 is 11.4 Å². The number of rotatable bonds is 6. The number of thioether (sulfide) groups is 1. The van der Waals surface area contributed by atoms with Crippen LogP contribution in [0.3, 0.4) is 0 Å². The third-order valence-electron chi connectivity index (χ3n) is 4.41. The average Bonchev–Trinajstić information content (AvgIpc) is 2.57. The van der Waals surface area contributed by atoms with Gasteiger partial charge in [0, 0.05) is 26.1 Å². The number of amides is 2. The molecule has 0 bridgehead atoms. The number of hydrogen-bond acceptors (Lipinski definition) is 4. The Hall–Kier alpha value is -1.53. The average molecular weight is 336 g/mol. The summed E-state index contributed by atoms with van der Waals surface area (Å²) >= 11 is 1.36. The highest BCUT2D eigenvalue weighted by atomic mass is 32.2. The summed E-state index contributed by atoms with van der Waals surface area (Å²) in [5.41, 5.74) is 0.982. The maximum absolute atomic E-state index is 12.9. The zero-order chi connectivity index (χ0) is 17.0. The molecular formula is C17H24N2O3S. The molecule has 0 spiro atoms. The Kier molecular flexibility index (Phi) is 6.07. The van der Waals surface area contributed by atoms with Gasteiger partial charge in [0.05, 0.1) is 0 Å².